The van der Waals surface area contributed by atoms with Crippen LogP contribution < -0.4 is 5.63 Å². The van der Waals surface area contributed by atoms with Gasteiger partial charge in [0, 0.05) is 36.6 Å². The molecule has 2 bridgehead atoms. The average Bonchev–Trinajstić information content (AvgIpc) is 2.80. The van der Waals surface area contributed by atoms with Crippen LogP contribution >= 0.6 is 0 Å². The average molecular weight is 435 g/mol. The minimum Gasteiger partial charge on any atom is -0.507 e. The molecule has 0 saturated carbocycles. The maximum atomic E-state index is 12.2. The van der Waals surface area contributed by atoms with Crippen LogP contribution in [-0.2, 0) is 13.0 Å². The Kier molecular flexibility index (Phi) is 5.14. The van der Waals surface area contributed by atoms with Crippen LogP contribution in [0.3, 0.4) is 0 Å². The highest BCUT2D eigenvalue weighted by molar-refractivity contribution is 5.85. The summed E-state index contributed by atoms with van der Waals surface area (Å²) in [5.74, 6) is 1.61. The van der Waals surface area contributed by atoms with Gasteiger partial charge in [-0.3, -0.25) is 9.80 Å². The van der Waals surface area contributed by atoms with Gasteiger partial charge in [-0.15, -0.1) is 0 Å². The molecule has 4 heterocycles. The topological polar surface area (TPSA) is 56.9 Å². The number of fused-ring (bicyclic) bond motifs is 7. The summed E-state index contributed by atoms with van der Waals surface area (Å²) >= 11 is 0. The minimum atomic E-state index is -0.329. The number of phenolic OH excluding ortho intramolecular Hbond substituents is 1. The van der Waals surface area contributed by atoms with Crippen molar-refractivity contribution >= 4 is 11.0 Å². The van der Waals surface area contributed by atoms with Crippen LogP contribution in [0.1, 0.15) is 56.6 Å². The third-order valence-electron chi connectivity index (χ3n) is 8.58. The van der Waals surface area contributed by atoms with Crippen LogP contribution in [0.5, 0.6) is 5.75 Å². The highest BCUT2D eigenvalue weighted by Gasteiger charge is 2.46. The lowest BCUT2D eigenvalue weighted by atomic mass is 9.68. The minimum absolute atomic E-state index is 0.235. The van der Waals surface area contributed by atoms with E-state index in [0.29, 0.717) is 24.1 Å². The van der Waals surface area contributed by atoms with Crippen LogP contribution in [0.4, 0.5) is 0 Å². The molecule has 1 N–H and O–H groups in total. The molecular formula is C27H34N2O3. The molecular weight excluding hydrogens is 400 g/mol. The highest BCUT2D eigenvalue weighted by atomic mass is 16.4. The van der Waals surface area contributed by atoms with Gasteiger partial charge in [-0.2, -0.15) is 0 Å². The van der Waals surface area contributed by atoms with Crippen molar-refractivity contribution in [2.75, 3.05) is 19.6 Å². The predicted molar refractivity (Wildman–Crippen MR) is 126 cm³/mol. The normalized spacial score (nSPS) is 30.6. The summed E-state index contributed by atoms with van der Waals surface area (Å²) in [4.78, 5) is 17.6. The van der Waals surface area contributed by atoms with Crippen LogP contribution in [0.15, 0.2) is 39.1 Å². The van der Waals surface area contributed by atoms with Crippen LogP contribution in [-0.4, -0.2) is 46.6 Å². The summed E-state index contributed by atoms with van der Waals surface area (Å²) in [6, 6.07) is 6.45. The van der Waals surface area contributed by atoms with E-state index in [1.54, 1.807) is 17.7 Å². The van der Waals surface area contributed by atoms with E-state index >= 15 is 0 Å². The van der Waals surface area contributed by atoms with Gasteiger partial charge < -0.3 is 9.52 Å². The Bertz CT molecular complexity index is 1120. The van der Waals surface area contributed by atoms with Crippen molar-refractivity contribution in [2.24, 2.45) is 11.8 Å². The number of phenols is 1. The number of piperidine rings is 3. The number of likely N-dealkylation sites (tertiary alicyclic amines) is 1. The monoisotopic (exact) mass is 434 g/mol. The summed E-state index contributed by atoms with van der Waals surface area (Å²) in [5, 5.41) is 11.8. The van der Waals surface area contributed by atoms with Crippen molar-refractivity contribution in [2.45, 2.75) is 70.5 Å². The van der Waals surface area contributed by atoms with E-state index in [1.807, 2.05) is 6.07 Å². The lowest BCUT2D eigenvalue weighted by Crippen LogP contribution is -2.59. The number of aromatic hydroxyl groups is 1. The molecule has 5 nitrogen and oxygen atoms in total. The molecule has 1 unspecified atom stereocenters. The molecule has 2 aromatic rings. The zero-order chi connectivity index (χ0) is 21.8. The summed E-state index contributed by atoms with van der Waals surface area (Å²) in [6.45, 7) is 6.17. The molecule has 170 valence electrons. The molecule has 3 aliphatic heterocycles. The fourth-order valence-electron chi connectivity index (χ4n) is 7.25. The number of aryl methyl sites for hydroxylation is 1. The second-order valence-corrected chi connectivity index (χ2v) is 10.4. The standard InChI is InChI=1S/C27H34N2O3/c1-2-17-14-25(31)32-27-21(17)8-9-24(30)22(27)16-29-11-5-6-18-12-19-13-20(26(18)29)15-28-10-4-3-7-23(19)28/h8-9,12,14,19-20,23,26,30H,2-7,10-11,13,15-16H2,1H3/t19-,20+,23?,26+/m0/s1. The largest absolute Gasteiger partial charge is 0.507 e. The second-order valence-electron chi connectivity index (χ2n) is 10.4. The lowest BCUT2D eigenvalue weighted by molar-refractivity contribution is -0.00274. The Labute approximate surface area is 189 Å². The Morgan fingerprint density at radius 1 is 1.19 bits per heavy atom. The van der Waals surface area contributed by atoms with E-state index in [4.69, 9.17) is 4.42 Å². The van der Waals surface area contributed by atoms with Crippen molar-refractivity contribution < 1.29 is 9.52 Å². The zero-order valence-electron chi connectivity index (χ0n) is 19.1. The number of nitrogens with zero attached hydrogens (tertiary/aromatic N) is 2. The Balaban J connectivity index is 1.37. The van der Waals surface area contributed by atoms with Crippen molar-refractivity contribution in [1.82, 2.24) is 9.80 Å². The molecule has 0 radical (unpaired) electrons. The maximum absolute atomic E-state index is 12.2. The highest BCUT2D eigenvalue weighted by Crippen LogP contribution is 2.45. The van der Waals surface area contributed by atoms with Gasteiger partial charge in [0.05, 0.1) is 5.56 Å². The van der Waals surface area contributed by atoms with E-state index < -0.39 is 0 Å². The first-order chi connectivity index (χ1) is 15.6. The fraction of sp³-hybridized carbons (Fsp3) is 0.593. The summed E-state index contributed by atoms with van der Waals surface area (Å²) in [6.07, 6.45) is 11.1. The molecule has 3 saturated heterocycles. The molecule has 4 aliphatic rings. The van der Waals surface area contributed by atoms with Gasteiger partial charge in [0.25, 0.3) is 0 Å². The van der Waals surface area contributed by atoms with Crippen molar-refractivity contribution in [3.8, 4) is 5.75 Å². The first-order valence-corrected chi connectivity index (χ1v) is 12.6. The lowest BCUT2D eigenvalue weighted by Gasteiger charge is -2.54. The van der Waals surface area contributed by atoms with Gasteiger partial charge in [-0.25, -0.2) is 4.79 Å². The Morgan fingerprint density at radius 3 is 2.97 bits per heavy atom. The Hall–Kier alpha value is -2.11. The van der Waals surface area contributed by atoms with Gasteiger partial charge in [-0.05, 0) is 81.1 Å². The first-order valence-electron chi connectivity index (χ1n) is 12.6. The third kappa shape index (κ3) is 3.32. The molecule has 32 heavy (non-hydrogen) atoms. The smallest absolute Gasteiger partial charge is 0.336 e. The van der Waals surface area contributed by atoms with E-state index in [-0.39, 0.29) is 11.4 Å². The van der Waals surface area contributed by atoms with Gasteiger partial charge >= 0.3 is 5.63 Å². The fourth-order valence-corrected chi connectivity index (χ4v) is 7.25. The van der Waals surface area contributed by atoms with E-state index in [9.17, 15) is 9.90 Å². The quantitative estimate of drug-likeness (QED) is 0.571. The second kappa shape index (κ2) is 8.03. The summed E-state index contributed by atoms with van der Waals surface area (Å²) < 4.78 is 5.68. The van der Waals surface area contributed by atoms with Crippen LogP contribution in [0.2, 0.25) is 0 Å². The van der Waals surface area contributed by atoms with Gasteiger partial charge in [0.1, 0.15) is 11.3 Å². The van der Waals surface area contributed by atoms with E-state index in [1.165, 1.54) is 45.2 Å². The van der Waals surface area contributed by atoms with E-state index in [0.717, 1.165) is 47.9 Å². The molecule has 1 aliphatic carbocycles. The summed E-state index contributed by atoms with van der Waals surface area (Å²) in [5.41, 5.74) is 3.62. The summed E-state index contributed by atoms with van der Waals surface area (Å²) in [7, 11) is 0. The van der Waals surface area contributed by atoms with Gasteiger partial charge in [-0.1, -0.05) is 25.0 Å². The molecule has 3 fully saturated rings. The van der Waals surface area contributed by atoms with Gasteiger partial charge in [0.15, 0.2) is 0 Å². The molecule has 6 rings (SSSR count). The maximum Gasteiger partial charge on any atom is 0.336 e. The molecule has 5 heteroatoms. The Morgan fingerprint density at radius 2 is 2.09 bits per heavy atom. The van der Waals surface area contributed by atoms with Crippen molar-refractivity contribution in [1.29, 1.82) is 0 Å². The molecule has 0 amide bonds. The van der Waals surface area contributed by atoms with E-state index in [2.05, 4.69) is 22.8 Å². The third-order valence-corrected chi connectivity index (χ3v) is 8.58. The molecule has 0 spiro atoms. The van der Waals surface area contributed by atoms with Crippen LogP contribution in [0, 0.1) is 11.8 Å². The van der Waals surface area contributed by atoms with Crippen molar-refractivity contribution in [3.05, 3.63) is 51.4 Å². The number of rotatable bonds is 3. The number of hydrogen-bond acceptors (Lipinski definition) is 5. The molecule has 1 aromatic heterocycles. The first kappa shape index (κ1) is 20.5. The number of benzene rings is 1. The van der Waals surface area contributed by atoms with Gasteiger partial charge in [0.2, 0.25) is 0 Å². The molecule has 1 aromatic carbocycles. The zero-order valence-corrected chi connectivity index (χ0v) is 19.1. The number of hydrogen-bond donors (Lipinski definition) is 1. The molecule has 4 atom stereocenters. The van der Waals surface area contributed by atoms with Crippen LogP contribution in [0.25, 0.3) is 11.0 Å². The SMILES string of the molecule is CCc1cc(=O)oc2c(CN3CCCC4=C[C@H]5C[C@H](CN6CCCCC56)[C@@H]43)c(O)ccc12. The predicted octanol–water partition coefficient (Wildman–Crippen LogP) is 4.46. The van der Waals surface area contributed by atoms with Crippen molar-refractivity contribution in [3.63, 3.8) is 0 Å².